The van der Waals surface area contributed by atoms with Gasteiger partial charge in [-0.05, 0) is 12.1 Å². The predicted octanol–water partition coefficient (Wildman–Crippen LogP) is 0.321. The van der Waals surface area contributed by atoms with E-state index in [0.29, 0.717) is 13.2 Å². The number of nitro groups is 1. The molecule has 9 heteroatoms. The summed E-state index contributed by atoms with van der Waals surface area (Å²) in [6, 6.07) is 3.01. The van der Waals surface area contributed by atoms with E-state index in [1.165, 1.54) is 4.31 Å². The molecule has 0 radical (unpaired) electrons. The molecule has 0 bridgehead atoms. The number of rotatable bonds is 3. The second kappa shape index (κ2) is 5.11. The number of ether oxygens (including phenoxy) is 1. The van der Waals surface area contributed by atoms with Crippen molar-refractivity contribution < 1.29 is 23.2 Å². The average Bonchev–Trinajstić information content (AvgIpc) is 2.39. The van der Waals surface area contributed by atoms with Gasteiger partial charge in [-0.25, -0.2) is 8.42 Å². The highest BCUT2D eigenvalue weighted by Crippen LogP contribution is 2.29. The number of benzene rings is 1. The molecule has 0 aliphatic carbocycles. The molecule has 0 unspecified atom stereocenters. The van der Waals surface area contributed by atoms with Crippen LogP contribution in [0.5, 0.6) is 5.75 Å². The molecule has 1 aromatic rings. The zero-order chi connectivity index (χ0) is 14.0. The normalized spacial score (nSPS) is 17.3. The summed E-state index contributed by atoms with van der Waals surface area (Å²) in [7, 11) is -3.80. The number of hydrogen-bond acceptors (Lipinski definition) is 6. The highest BCUT2D eigenvalue weighted by molar-refractivity contribution is 7.89. The zero-order valence-corrected chi connectivity index (χ0v) is 10.7. The maximum absolute atomic E-state index is 12.2. The maximum Gasteiger partial charge on any atom is 0.312 e. The largest absolute Gasteiger partial charge is 0.502 e. The second-order valence-corrected chi connectivity index (χ2v) is 5.86. The highest BCUT2D eigenvalue weighted by Gasteiger charge is 2.28. The first-order chi connectivity index (χ1) is 8.93. The highest BCUT2D eigenvalue weighted by atomic mass is 32.2. The van der Waals surface area contributed by atoms with Crippen LogP contribution in [-0.4, -0.2) is 49.1 Å². The fraction of sp³-hybridized carbons (Fsp3) is 0.400. The number of nitro benzene ring substituents is 1. The number of phenolic OH excluding ortho intramolecular Hbond substituents is 1. The molecule has 8 nitrogen and oxygen atoms in total. The van der Waals surface area contributed by atoms with Crippen molar-refractivity contribution >= 4 is 15.7 Å². The zero-order valence-electron chi connectivity index (χ0n) is 9.85. The Morgan fingerprint density at radius 1 is 1.32 bits per heavy atom. The van der Waals surface area contributed by atoms with Crippen LogP contribution in [0.15, 0.2) is 23.1 Å². The van der Waals surface area contributed by atoms with Gasteiger partial charge in [0.1, 0.15) is 0 Å². The van der Waals surface area contributed by atoms with E-state index < -0.39 is 26.4 Å². The molecule has 1 N–H and O–H groups in total. The van der Waals surface area contributed by atoms with Gasteiger partial charge in [0.15, 0.2) is 5.75 Å². The Kier molecular flexibility index (Phi) is 3.69. The number of hydrogen-bond donors (Lipinski definition) is 1. The summed E-state index contributed by atoms with van der Waals surface area (Å²) in [6.07, 6.45) is 0. The molecule has 1 saturated heterocycles. The van der Waals surface area contributed by atoms with Gasteiger partial charge in [0, 0.05) is 19.2 Å². The van der Waals surface area contributed by atoms with Crippen LogP contribution in [0.2, 0.25) is 0 Å². The first-order valence-corrected chi connectivity index (χ1v) is 6.92. The summed E-state index contributed by atoms with van der Waals surface area (Å²) >= 11 is 0. The third-order valence-electron chi connectivity index (χ3n) is 2.75. The van der Waals surface area contributed by atoms with Crippen LogP contribution in [0.1, 0.15) is 0 Å². The Bertz CT molecular complexity index is 594. The van der Waals surface area contributed by atoms with E-state index in [9.17, 15) is 23.6 Å². The minimum atomic E-state index is -3.80. The van der Waals surface area contributed by atoms with E-state index in [1.807, 2.05) is 0 Å². The van der Waals surface area contributed by atoms with Crippen molar-refractivity contribution in [3.05, 3.63) is 28.3 Å². The minimum Gasteiger partial charge on any atom is -0.502 e. The SMILES string of the molecule is O=[N+]([O-])c1cc(S(=O)(=O)N2CCOCC2)ccc1O. The standard InChI is InChI=1S/C10H12N2O6S/c13-10-2-1-8(7-9(10)12(14)15)19(16,17)11-3-5-18-6-4-11/h1-2,7,13H,3-6H2. The fourth-order valence-electron chi connectivity index (χ4n) is 1.75. The molecule has 0 spiro atoms. The minimum absolute atomic E-state index is 0.205. The van der Waals surface area contributed by atoms with Crippen molar-refractivity contribution in [2.24, 2.45) is 0 Å². The molecule has 1 aliphatic rings. The Morgan fingerprint density at radius 2 is 1.95 bits per heavy atom. The summed E-state index contributed by atoms with van der Waals surface area (Å²) in [4.78, 5) is 9.66. The monoisotopic (exact) mass is 288 g/mol. The average molecular weight is 288 g/mol. The first kappa shape index (κ1) is 13.7. The van der Waals surface area contributed by atoms with Crippen molar-refractivity contribution in [3.63, 3.8) is 0 Å². The van der Waals surface area contributed by atoms with Gasteiger partial charge in [0.2, 0.25) is 10.0 Å². The van der Waals surface area contributed by atoms with Crippen LogP contribution < -0.4 is 0 Å². The molecule has 0 aromatic heterocycles. The van der Waals surface area contributed by atoms with Crippen molar-refractivity contribution in [1.82, 2.24) is 4.31 Å². The number of aromatic hydroxyl groups is 1. The lowest BCUT2D eigenvalue weighted by atomic mass is 10.3. The van der Waals surface area contributed by atoms with Crippen LogP contribution in [-0.2, 0) is 14.8 Å². The Labute approximate surface area is 109 Å². The number of nitrogens with zero attached hydrogens (tertiary/aromatic N) is 2. The predicted molar refractivity (Wildman–Crippen MR) is 64.3 cm³/mol. The van der Waals surface area contributed by atoms with E-state index in [4.69, 9.17) is 4.74 Å². The van der Waals surface area contributed by atoms with Crippen LogP contribution in [0.3, 0.4) is 0 Å². The van der Waals surface area contributed by atoms with Gasteiger partial charge in [0.25, 0.3) is 0 Å². The molecule has 1 heterocycles. The molecule has 2 rings (SSSR count). The van der Waals surface area contributed by atoms with Crippen molar-refractivity contribution in [2.75, 3.05) is 26.3 Å². The van der Waals surface area contributed by atoms with Gasteiger partial charge in [-0.15, -0.1) is 0 Å². The van der Waals surface area contributed by atoms with Gasteiger partial charge in [0.05, 0.1) is 23.0 Å². The molecular formula is C10H12N2O6S. The third kappa shape index (κ3) is 2.67. The summed E-state index contributed by atoms with van der Waals surface area (Å²) in [5.74, 6) is -0.564. The molecule has 104 valence electrons. The van der Waals surface area contributed by atoms with Crippen molar-refractivity contribution in [2.45, 2.75) is 4.90 Å². The lowest BCUT2D eigenvalue weighted by molar-refractivity contribution is -0.386. The maximum atomic E-state index is 12.2. The lowest BCUT2D eigenvalue weighted by Gasteiger charge is -2.25. The quantitative estimate of drug-likeness (QED) is 0.633. The smallest absolute Gasteiger partial charge is 0.312 e. The van der Waals surface area contributed by atoms with E-state index in [1.54, 1.807) is 0 Å². The van der Waals surface area contributed by atoms with E-state index >= 15 is 0 Å². The van der Waals surface area contributed by atoms with E-state index in [0.717, 1.165) is 18.2 Å². The van der Waals surface area contributed by atoms with Crippen LogP contribution in [0, 0.1) is 10.1 Å². The van der Waals surface area contributed by atoms with Gasteiger partial charge in [-0.1, -0.05) is 0 Å². The van der Waals surface area contributed by atoms with Gasteiger partial charge < -0.3 is 9.84 Å². The van der Waals surface area contributed by atoms with Crippen LogP contribution in [0.4, 0.5) is 5.69 Å². The summed E-state index contributed by atoms with van der Waals surface area (Å²) < 4.78 is 30.7. The Balaban J connectivity index is 2.40. The Morgan fingerprint density at radius 3 is 2.53 bits per heavy atom. The van der Waals surface area contributed by atoms with E-state index in [2.05, 4.69) is 0 Å². The van der Waals surface area contributed by atoms with E-state index in [-0.39, 0.29) is 18.0 Å². The molecular weight excluding hydrogens is 276 g/mol. The molecule has 19 heavy (non-hydrogen) atoms. The number of morpholine rings is 1. The second-order valence-electron chi connectivity index (χ2n) is 3.92. The number of phenols is 1. The first-order valence-electron chi connectivity index (χ1n) is 5.48. The molecule has 1 aromatic carbocycles. The molecule has 1 fully saturated rings. The Hall–Kier alpha value is -1.71. The summed E-state index contributed by atoms with van der Waals surface area (Å²) in [5.41, 5.74) is -0.630. The summed E-state index contributed by atoms with van der Waals surface area (Å²) in [5, 5.41) is 20.0. The summed E-state index contributed by atoms with van der Waals surface area (Å²) in [6.45, 7) is 0.993. The van der Waals surface area contributed by atoms with Crippen LogP contribution >= 0.6 is 0 Å². The van der Waals surface area contributed by atoms with Crippen molar-refractivity contribution in [1.29, 1.82) is 0 Å². The van der Waals surface area contributed by atoms with Crippen LogP contribution in [0.25, 0.3) is 0 Å². The topological polar surface area (TPSA) is 110 Å². The van der Waals surface area contributed by atoms with Gasteiger partial charge in [-0.3, -0.25) is 10.1 Å². The lowest BCUT2D eigenvalue weighted by Crippen LogP contribution is -2.40. The number of sulfonamides is 1. The third-order valence-corrected chi connectivity index (χ3v) is 4.65. The molecule has 1 aliphatic heterocycles. The fourth-order valence-corrected chi connectivity index (χ4v) is 3.17. The van der Waals surface area contributed by atoms with Gasteiger partial charge >= 0.3 is 5.69 Å². The molecule has 0 saturated carbocycles. The molecule has 0 atom stereocenters. The molecule has 0 amide bonds. The van der Waals surface area contributed by atoms with Gasteiger partial charge in [-0.2, -0.15) is 4.31 Å². The van der Waals surface area contributed by atoms with Crippen molar-refractivity contribution in [3.8, 4) is 5.75 Å².